The average molecular weight is 264 g/mol. The lowest BCUT2D eigenvalue weighted by atomic mass is 10.2. The van der Waals surface area contributed by atoms with Crippen LogP contribution in [0.25, 0.3) is 0 Å². The fourth-order valence-electron chi connectivity index (χ4n) is 0.861. The van der Waals surface area contributed by atoms with Gasteiger partial charge in [-0.2, -0.15) is 4.98 Å². The van der Waals surface area contributed by atoms with E-state index >= 15 is 0 Å². The number of ether oxygens (including phenoxy) is 1. The Morgan fingerprint density at radius 3 is 2.88 bits per heavy atom. The predicted molar refractivity (Wildman–Crippen MR) is 62.1 cm³/mol. The molecule has 16 heavy (non-hydrogen) atoms. The topological polar surface area (TPSA) is 64.1 Å². The van der Waals surface area contributed by atoms with E-state index in [1.54, 1.807) is 6.92 Å². The van der Waals surface area contributed by atoms with Crippen LogP contribution >= 0.6 is 23.2 Å². The molecule has 0 saturated heterocycles. The molecule has 88 valence electrons. The van der Waals surface area contributed by atoms with Gasteiger partial charge < -0.3 is 4.74 Å². The molecule has 1 unspecified atom stereocenters. The molecule has 1 atom stereocenters. The second kappa shape index (κ2) is 5.86. The normalized spacial score (nSPS) is 12.0. The van der Waals surface area contributed by atoms with Crippen LogP contribution in [-0.2, 0) is 4.79 Å². The Hall–Kier alpha value is -1.07. The summed E-state index contributed by atoms with van der Waals surface area (Å²) in [5, 5.41) is 2.69. The second-order valence-electron chi connectivity index (χ2n) is 3.10. The molecule has 0 spiro atoms. The van der Waals surface area contributed by atoms with Gasteiger partial charge in [-0.3, -0.25) is 10.1 Å². The summed E-state index contributed by atoms with van der Waals surface area (Å²) in [4.78, 5) is 19.2. The van der Waals surface area contributed by atoms with Crippen molar-refractivity contribution in [2.45, 2.75) is 6.92 Å². The van der Waals surface area contributed by atoms with Crippen molar-refractivity contribution in [3.05, 3.63) is 11.2 Å². The Bertz CT molecular complexity index is 387. The maximum Gasteiger partial charge on any atom is 0.234 e. The summed E-state index contributed by atoms with van der Waals surface area (Å²) < 4.78 is 4.89. The highest BCUT2D eigenvalue weighted by Crippen LogP contribution is 2.16. The van der Waals surface area contributed by atoms with Gasteiger partial charge in [0.2, 0.25) is 17.7 Å². The fraction of sp³-hybridized carbons (Fsp3) is 0.444. The molecule has 0 radical (unpaired) electrons. The summed E-state index contributed by atoms with van der Waals surface area (Å²) >= 11 is 11.3. The molecule has 0 aliphatic heterocycles. The van der Waals surface area contributed by atoms with Gasteiger partial charge in [0.05, 0.1) is 7.11 Å². The first-order valence-electron chi connectivity index (χ1n) is 4.52. The van der Waals surface area contributed by atoms with E-state index in [2.05, 4.69) is 15.3 Å². The lowest BCUT2D eigenvalue weighted by molar-refractivity contribution is -0.118. The van der Waals surface area contributed by atoms with Crippen molar-refractivity contribution in [1.82, 2.24) is 9.97 Å². The summed E-state index contributed by atoms with van der Waals surface area (Å²) in [5.41, 5.74) is 0. The van der Waals surface area contributed by atoms with Gasteiger partial charge in [-0.25, -0.2) is 4.98 Å². The van der Waals surface area contributed by atoms with E-state index in [1.165, 1.54) is 13.2 Å². The van der Waals surface area contributed by atoms with Crippen LogP contribution in [0.3, 0.4) is 0 Å². The van der Waals surface area contributed by atoms with Crippen molar-refractivity contribution in [2.75, 3.05) is 18.3 Å². The molecule has 0 fully saturated rings. The molecule has 1 N–H and O–H groups in total. The van der Waals surface area contributed by atoms with Crippen molar-refractivity contribution < 1.29 is 9.53 Å². The largest absolute Gasteiger partial charge is 0.481 e. The third-order valence-electron chi connectivity index (χ3n) is 1.79. The van der Waals surface area contributed by atoms with E-state index in [-0.39, 0.29) is 34.7 Å². The number of anilines is 1. The van der Waals surface area contributed by atoms with Crippen LogP contribution in [0.15, 0.2) is 6.07 Å². The molecule has 5 nitrogen and oxygen atoms in total. The Kier molecular flexibility index (Phi) is 4.76. The zero-order valence-corrected chi connectivity index (χ0v) is 10.3. The number of carbonyl (C=O) groups is 1. The van der Waals surface area contributed by atoms with E-state index in [0.29, 0.717) is 0 Å². The summed E-state index contributed by atoms with van der Waals surface area (Å²) in [7, 11) is 1.45. The van der Waals surface area contributed by atoms with Gasteiger partial charge in [-0.1, -0.05) is 18.5 Å². The SMILES string of the molecule is COc1cc(Cl)nc(NC(=O)C(C)CCl)n1. The first-order chi connectivity index (χ1) is 7.56. The number of aromatic nitrogens is 2. The number of rotatable bonds is 4. The molecule has 0 bridgehead atoms. The Balaban J connectivity index is 2.81. The third kappa shape index (κ3) is 3.50. The maximum atomic E-state index is 11.5. The van der Waals surface area contributed by atoms with Crippen molar-refractivity contribution in [1.29, 1.82) is 0 Å². The molecule has 1 aromatic heterocycles. The molecule has 0 saturated carbocycles. The quantitative estimate of drug-likeness (QED) is 0.666. The minimum absolute atomic E-state index is 0.103. The average Bonchev–Trinajstić information content (AvgIpc) is 2.26. The van der Waals surface area contributed by atoms with E-state index in [0.717, 1.165) is 0 Å². The number of nitrogens with zero attached hydrogens (tertiary/aromatic N) is 2. The fourth-order valence-corrected chi connectivity index (χ4v) is 1.17. The van der Waals surface area contributed by atoms with Crippen LogP contribution in [0.2, 0.25) is 5.15 Å². The zero-order valence-electron chi connectivity index (χ0n) is 8.83. The van der Waals surface area contributed by atoms with Crippen molar-refractivity contribution in [3.8, 4) is 5.88 Å². The van der Waals surface area contributed by atoms with Gasteiger partial charge >= 0.3 is 0 Å². The summed E-state index contributed by atoms with van der Waals surface area (Å²) in [6, 6.07) is 1.45. The maximum absolute atomic E-state index is 11.5. The lowest BCUT2D eigenvalue weighted by Gasteiger charge is -2.08. The number of methoxy groups -OCH3 is 1. The summed E-state index contributed by atoms with van der Waals surface area (Å²) in [5.74, 6) is 0.0264. The number of alkyl halides is 1. The van der Waals surface area contributed by atoms with Crippen LogP contribution < -0.4 is 10.1 Å². The lowest BCUT2D eigenvalue weighted by Crippen LogP contribution is -2.22. The number of carbonyl (C=O) groups excluding carboxylic acids is 1. The van der Waals surface area contributed by atoms with E-state index in [9.17, 15) is 4.79 Å². The Morgan fingerprint density at radius 1 is 1.62 bits per heavy atom. The molecule has 1 heterocycles. The molecular formula is C9H11Cl2N3O2. The highest BCUT2D eigenvalue weighted by Gasteiger charge is 2.13. The first kappa shape index (κ1) is 13.0. The third-order valence-corrected chi connectivity index (χ3v) is 2.45. The molecule has 0 aromatic carbocycles. The van der Waals surface area contributed by atoms with Crippen LogP contribution in [-0.4, -0.2) is 28.9 Å². The van der Waals surface area contributed by atoms with Gasteiger partial charge in [-0.15, -0.1) is 11.6 Å². The van der Waals surface area contributed by atoms with E-state index in [1.807, 2.05) is 0 Å². The van der Waals surface area contributed by atoms with Crippen molar-refractivity contribution >= 4 is 35.1 Å². The number of nitrogens with one attached hydrogen (secondary N) is 1. The van der Waals surface area contributed by atoms with Crippen LogP contribution in [0, 0.1) is 5.92 Å². The standard InChI is InChI=1S/C9H11Cl2N3O2/c1-5(4-10)8(15)14-9-12-6(11)3-7(13-9)16-2/h3,5H,4H2,1-2H3,(H,12,13,14,15). The minimum atomic E-state index is -0.324. The van der Waals surface area contributed by atoms with Crippen LogP contribution in [0.5, 0.6) is 5.88 Å². The van der Waals surface area contributed by atoms with E-state index < -0.39 is 0 Å². The molecule has 7 heteroatoms. The second-order valence-corrected chi connectivity index (χ2v) is 3.80. The van der Waals surface area contributed by atoms with Crippen LogP contribution in [0.4, 0.5) is 5.95 Å². The first-order valence-corrected chi connectivity index (χ1v) is 5.43. The zero-order chi connectivity index (χ0) is 12.1. The molecular weight excluding hydrogens is 253 g/mol. The molecule has 1 aromatic rings. The van der Waals surface area contributed by atoms with Gasteiger partial charge in [0, 0.05) is 17.9 Å². The molecule has 0 aliphatic carbocycles. The van der Waals surface area contributed by atoms with Gasteiger partial charge in [-0.05, 0) is 0 Å². The van der Waals surface area contributed by atoms with Crippen molar-refractivity contribution in [3.63, 3.8) is 0 Å². The van der Waals surface area contributed by atoms with Crippen LogP contribution in [0.1, 0.15) is 6.92 Å². The Morgan fingerprint density at radius 2 is 2.31 bits per heavy atom. The van der Waals surface area contributed by atoms with Gasteiger partial charge in [0.1, 0.15) is 5.15 Å². The monoisotopic (exact) mass is 263 g/mol. The van der Waals surface area contributed by atoms with Crippen molar-refractivity contribution in [2.24, 2.45) is 5.92 Å². The van der Waals surface area contributed by atoms with E-state index in [4.69, 9.17) is 27.9 Å². The number of hydrogen-bond acceptors (Lipinski definition) is 4. The van der Waals surface area contributed by atoms with Gasteiger partial charge in [0.25, 0.3) is 0 Å². The Labute approximate surface area is 103 Å². The number of amides is 1. The molecule has 1 rings (SSSR count). The number of hydrogen-bond donors (Lipinski definition) is 1. The minimum Gasteiger partial charge on any atom is -0.481 e. The smallest absolute Gasteiger partial charge is 0.234 e. The predicted octanol–water partition coefficient (Wildman–Crippen LogP) is 1.95. The molecule has 1 amide bonds. The summed E-state index contributed by atoms with van der Waals surface area (Å²) in [6.07, 6.45) is 0. The van der Waals surface area contributed by atoms with Gasteiger partial charge in [0.15, 0.2) is 0 Å². The highest BCUT2D eigenvalue weighted by molar-refractivity contribution is 6.29. The highest BCUT2D eigenvalue weighted by atomic mass is 35.5. The molecule has 0 aliphatic rings. The summed E-state index contributed by atoms with van der Waals surface area (Å²) in [6.45, 7) is 1.70. The number of halogens is 2.